The molecular weight excluding hydrogens is 388 g/mol. The van der Waals surface area contributed by atoms with Crippen LogP contribution in [0.4, 0.5) is 20.3 Å². The fraction of sp³-hybridized carbons (Fsp3) is 0.409. The zero-order valence-electron chi connectivity index (χ0n) is 17.5. The van der Waals surface area contributed by atoms with Crippen molar-refractivity contribution in [2.45, 2.75) is 40.0 Å². The van der Waals surface area contributed by atoms with E-state index in [9.17, 15) is 13.6 Å². The molecule has 1 amide bonds. The summed E-state index contributed by atoms with van der Waals surface area (Å²) in [5, 5.41) is 7.45. The average Bonchev–Trinajstić information content (AvgIpc) is 3.24. The molecule has 8 heteroatoms. The zero-order chi connectivity index (χ0) is 21.7. The van der Waals surface area contributed by atoms with E-state index in [1.807, 2.05) is 45.9 Å². The van der Waals surface area contributed by atoms with Crippen molar-refractivity contribution in [2.75, 3.05) is 23.3 Å². The van der Waals surface area contributed by atoms with Crippen LogP contribution in [-0.4, -0.2) is 39.5 Å². The van der Waals surface area contributed by atoms with Gasteiger partial charge in [-0.1, -0.05) is 32.9 Å². The maximum atomic E-state index is 13.5. The van der Waals surface area contributed by atoms with Gasteiger partial charge in [-0.2, -0.15) is 0 Å². The molecule has 1 aliphatic rings. The highest BCUT2D eigenvalue weighted by Crippen LogP contribution is 2.31. The lowest BCUT2D eigenvalue weighted by Crippen LogP contribution is -2.27. The SMILES string of the molecule is Cc1ccc(-c2cn3nc(N4CCC(F)(F)C4)ccc3n2)cc1NC(=O)C(C)(C)C. The van der Waals surface area contributed by atoms with Crippen LogP contribution >= 0.6 is 0 Å². The fourth-order valence-electron chi connectivity index (χ4n) is 3.34. The second-order valence-electron chi connectivity index (χ2n) is 8.88. The van der Waals surface area contributed by atoms with Gasteiger partial charge in [0.25, 0.3) is 5.92 Å². The lowest BCUT2D eigenvalue weighted by atomic mass is 9.95. The van der Waals surface area contributed by atoms with Crippen molar-refractivity contribution >= 4 is 23.1 Å². The van der Waals surface area contributed by atoms with Crippen LogP contribution in [0.5, 0.6) is 0 Å². The van der Waals surface area contributed by atoms with E-state index >= 15 is 0 Å². The Morgan fingerprint density at radius 2 is 1.97 bits per heavy atom. The minimum atomic E-state index is -2.67. The number of carbonyl (C=O) groups excluding carboxylic acids is 1. The van der Waals surface area contributed by atoms with Crippen LogP contribution in [0.1, 0.15) is 32.8 Å². The number of amides is 1. The van der Waals surface area contributed by atoms with Crippen LogP contribution in [-0.2, 0) is 4.79 Å². The summed E-state index contributed by atoms with van der Waals surface area (Å²) in [6.07, 6.45) is 1.61. The summed E-state index contributed by atoms with van der Waals surface area (Å²) in [6, 6.07) is 9.26. The largest absolute Gasteiger partial charge is 0.349 e. The monoisotopic (exact) mass is 413 g/mol. The zero-order valence-corrected chi connectivity index (χ0v) is 17.5. The molecule has 4 rings (SSSR count). The first-order chi connectivity index (χ1) is 14.0. The highest BCUT2D eigenvalue weighted by molar-refractivity contribution is 5.95. The standard InChI is InChI=1S/C22H25F2N5O/c1-14-5-6-15(11-16(14)26-20(30)21(2,3)4)17-12-29-18(25-17)7-8-19(27-29)28-10-9-22(23,24)13-28/h5-8,11-12H,9-10,13H2,1-4H3,(H,26,30). The molecule has 0 bridgehead atoms. The summed E-state index contributed by atoms with van der Waals surface area (Å²) < 4.78 is 28.7. The first-order valence-corrected chi connectivity index (χ1v) is 9.94. The summed E-state index contributed by atoms with van der Waals surface area (Å²) in [5.41, 5.74) is 3.34. The van der Waals surface area contributed by atoms with E-state index in [0.29, 0.717) is 17.2 Å². The Morgan fingerprint density at radius 3 is 2.63 bits per heavy atom. The molecule has 3 heterocycles. The van der Waals surface area contributed by atoms with Crippen LogP contribution < -0.4 is 10.2 Å². The number of alkyl halides is 2. The minimum absolute atomic E-state index is 0.0634. The highest BCUT2D eigenvalue weighted by Gasteiger charge is 2.38. The summed E-state index contributed by atoms with van der Waals surface area (Å²) >= 11 is 0. The smallest absolute Gasteiger partial charge is 0.266 e. The quantitative estimate of drug-likeness (QED) is 0.685. The predicted octanol–water partition coefficient (Wildman–Crippen LogP) is 4.53. The number of halogens is 2. The van der Waals surface area contributed by atoms with Crippen LogP contribution in [0.25, 0.3) is 16.9 Å². The maximum Gasteiger partial charge on any atom is 0.266 e. The van der Waals surface area contributed by atoms with Crippen LogP contribution in [0.2, 0.25) is 0 Å². The van der Waals surface area contributed by atoms with E-state index in [2.05, 4.69) is 15.4 Å². The molecule has 1 saturated heterocycles. The van der Waals surface area contributed by atoms with Crippen molar-refractivity contribution in [1.82, 2.24) is 14.6 Å². The molecule has 0 unspecified atom stereocenters. The molecule has 158 valence electrons. The van der Waals surface area contributed by atoms with Crippen LogP contribution in [0, 0.1) is 12.3 Å². The van der Waals surface area contributed by atoms with E-state index in [0.717, 1.165) is 16.8 Å². The van der Waals surface area contributed by atoms with Gasteiger partial charge in [0.2, 0.25) is 5.91 Å². The number of rotatable bonds is 3. The lowest BCUT2D eigenvalue weighted by molar-refractivity contribution is -0.123. The Morgan fingerprint density at radius 1 is 1.20 bits per heavy atom. The van der Waals surface area contributed by atoms with Gasteiger partial charge in [0.1, 0.15) is 5.82 Å². The molecule has 6 nitrogen and oxygen atoms in total. The number of aromatic nitrogens is 3. The van der Waals surface area contributed by atoms with Crippen LogP contribution in [0.3, 0.4) is 0 Å². The molecule has 1 fully saturated rings. The molecule has 1 aliphatic heterocycles. The minimum Gasteiger partial charge on any atom is -0.349 e. The molecule has 30 heavy (non-hydrogen) atoms. The predicted molar refractivity (Wildman–Crippen MR) is 113 cm³/mol. The number of nitrogens with zero attached hydrogens (tertiary/aromatic N) is 4. The molecule has 2 aromatic heterocycles. The van der Waals surface area contributed by atoms with E-state index in [-0.39, 0.29) is 25.4 Å². The number of nitrogens with one attached hydrogen (secondary N) is 1. The number of aryl methyl sites for hydroxylation is 1. The fourth-order valence-corrected chi connectivity index (χ4v) is 3.34. The third-order valence-electron chi connectivity index (χ3n) is 5.26. The van der Waals surface area contributed by atoms with E-state index < -0.39 is 11.3 Å². The first-order valence-electron chi connectivity index (χ1n) is 9.94. The first kappa shape index (κ1) is 20.3. The number of hydrogen-bond acceptors (Lipinski definition) is 4. The third kappa shape index (κ3) is 3.99. The third-order valence-corrected chi connectivity index (χ3v) is 5.26. The van der Waals surface area contributed by atoms with Crippen molar-refractivity contribution in [1.29, 1.82) is 0 Å². The molecule has 0 radical (unpaired) electrons. The number of carbonyl (C=O) groups is 1. The Bertz CT molecular complexity index is 1120. The molecule has 0 spiro atoms. The summed E-state index contributed by atoms with van der Waals surface area (Å²) in [4.78, 5) is 18.6. The highest BCUT2D eigenvalue weighted by atomic mass is 19.3. The van der Waals surface area contributed by atoms with Crippen molar-refractivity contribution < 1.29 is 13.6 Å². The maximum absolute atomic E-state index is 13.5. The number of imidazole rings is 1. The van der Waals surface area contributed by atoms with Gasteiger partial charge in [0.15, 0.2) is 5.65 Å². The topological polar surface area (TPSA) is 62.5 Å². The average molecular weight is 413 g/mol. The van der Waals surface area contributed by atoms with Gasteiger partial charge >= 0.3 is 0 Å². The summed E-state index contributed by atoms with van der Waals surface area (Å²) in [7, 11) is 0. The number of anilines is 2. The van der Waals surface area contributed by atoms with Gasteiger partial charge in [-0.05, 0) is 30.7 Å². The summed E-state index contributed by atoms with van der Waals surface area (Å²) in [6.45, 7) is 7.49. The van der Waals surface area contributed by atoms with Crippen molar-refractivity contribution in [3.63, 3.8) is 0 Å². The Balaban J connectivity index is 1.63. The number of benzene rings is 1. The van der Waals surface area contributed by atoms with Gasteiger partial charge in [-0.3, -0.25) is 4.79 Å². The molecule has 0 atom stereocenters. The Kier molecular flexibility index (Phi) is 4.75. The second kappa shape index (κ2) is 7.04. The molecule has 1 N–H and O–H groups in total. The van der Waals surface area contributed by atoms with E-state index in [1.54, 1.807) is 27.7 Å². The van der Waals surface area contributed by atoms with Gasteiger partial charge in [-0.25, -0.2) is 18.3 Å². The van der Waals surface area contributed by atoms with E-state index in [1.165, 1.54) is 0 Å². The van der Waals surface area contributed by atoms with Crippen molar-refractivity contribution in [3.05, 3.63) is 42.1 Å². The summed E-state index contributed by atoms with van der Waals surface area (Å²) in [5.74, 6) is -2.23. The van der Waals surface area contributed by atoms with Gasteiger partial charge in [0.05, 0.1) is 18.4 Å². The lowest BCUT2D eigenvalue weighted by Gasteiger charge is -2.19. The molecule has 1 aromatic carbocycles. The Labute approximate surface area is 173 Å². The molecular formula is C22H25F2N5O. The number of hydrogen-bond donors (Lipinski definition) is 1. The van der Waals surface area contributed by atoms with Crippen LogP contribution in [0.15, 0.2) is 36.5 Å². The normalized spacial score (nSPS) is 16.3. The second-order valence-corrected chi connectivity index (χ2v) is 8.88. The molecule has 3 aromatic rings. The Hall–Kier alpha value is -3.03. The van der Waals surface area contributed by atoms with Gasteiger partial charge in [-0.15, -0.1) is 5.10 Å². The van der Waals surface area contributed by atoms with E-state index in [4.69, 9.17) is 0 Å². The molecule has 0 aliphatic carbocycles. The van der Waals surface area contributed by atoms with Crippen molar-refractivity contribution in [2.24, 2.45) is 5.41 Å². The number of fused-ring (bicyclic) bond motifs is 1. The van der Waals surface area contributed by atoms with Gasteiger partial charge < -0.3 is 10.2 Å². The van der Waals surface area contributed by atoms with Gasteiger partial charge in [0, 0.05) is 29.6 Å². The van der Waals surface area contributed by atoms with Crippen molar-refractivity contribution in [3.8, 4) is 11.3 Å². The molecule has 0 saturated carbocycles.